The largest absolute Gasteiger partial charge is 0.478 e. The fraction of sp³-hybridized carbons (Fsp3) is 0. The SMILES string of the molecule is O=C(O)C=C=C(c1ccccc1)c1ccccc1. The Morgan fingerprint density at radius 3 is 1.72 bits per heavy atom. The minimum atomic E-state index is -1.00. The fourth-order valence-corrected chi connectivity index (χ4v) is 1.68. The molecule has 0 amide bonds. The van der Waals surface area contributed by atoms with E-state index in [1.807, 2.05) is 60.7 Å². The lowest BCUT2D eigenvalue weighted by Crippen LogP contribution is -1.88. The Kier molecular flexibility index (Phi) is 3.75. The summed E-state index contributed by atoms with van der Waals surface area (Å²) in [6.07, 6.45) is 1.04. The van der Waals surface area contributed by atoms with Crippen molar-refractivity contribution in [3.8, 4) is 0 Å². The molecular weight excluding hydrogens is 224 g/mol. The van der Waals surface area contributed by atoms with E-state index in [9.17, 15) is 4.79 Å². The van der Waals surface area contributed by atoms with Crippen LogP contribution in [0.15, 0.2) is 72.5 Å². The molecule has 0 radical (unpaired) electrons. The van der Waals surface area contributed by atoms with Gasteiger partial charge in [0.1, 0.15) is 0 Å². The highest BCUT2D eigenvalue weighted by molar-refractivity contribution is 5.85. The molecule has 0 unspecified atom stereocenters. The van der Waals surface area contributed by atoms with Crippen molar-refractivity contribution in [1.82, 2.24) is 0 Å². The molecule has 1 N–H and O–H groups in total. The summed E-state index contributed by atoms with van der Waals surface area (Å²) in [5.74, 6) is -1.00. The summed E-state index contributed by atoms with van der Waals surface area (Å²) in [6, 6.07) is 19.3. The van der Waals surface area contributed by atoms with Gasteiger partial charge in [0, 0.05) is 5.57 Å². The Balaban J connectivity index is 2.56. The van der Waals surface area contributed by atoms with Crippen LogP contribution in [0.25, 0.3) is 5.57 Å². The van der Waals surface area contributed by atoms with Gasteiger partial charge in [-0.3, -0.25) is 0 Å². The molecular formula is C16H12O2. The number of rotatable bonds is 3. The van der Waals surface area contributed by atoms with Gasteiger partial charge in [-0.05, 0) is 11.1 Å². The van der Waals surface area contributed by atoms with Gasteiger partial charge in [-0.1, -0.05) is 60.7 Å². The number of aliphatic carboxylic acids is 1. The fourth-order valence-electron chi connectivity index (χ4n) is 1.68. The van der Waals surface area contributed by atoms with E-state index in [2.05, 4.69) is 5.73 Å². The quantitative estimate of drug-likeness (QED) is 0.655. The lowest BCUT2D eigenvalue weighted by atomic mass is 9.99. The predicted molar refractivity (Wildman–Crippen MR) is 71.1 cm³/mol. The van der Waals surface area contributed by atoms with E-state index in [1.165, 1.54) is 0 Å². The van der Waals surface area contributed by atoms with E-state index in [0.717, 1.165) is 22.8 Å². The lowest BCUT2D eigenvalue weighted by Gasteiger charge is -2.04. The molecule has 2 rings (SSSR count). The Morgan fingerprint density at radius 2 is 1.33 bits per heavy atom. The van der Waals surface area contributed by atoms with Crippen LogP contribution >= 0.6 is 0 Å². The molecule has 0 saturated carbocycles. The van der Waals surface area contributed by atoms with E-state index in [-0.39, 0.29) is 0 Å². The topological polar surface area (TPSA) is 37.3 Å². The van der Waals surface area contributed by atoms with E-state index in [1.54, 1.807) is 0 Å². The molecule has 0 aliphatic heterocycles. The summed E-state index contributed by atoms with van der Waals surface area (Å²) in [4.78, 5) is 10.6. The van der Waals surface area contributed by atoms with E-state index in [0.29, 0.717) is 0 Å². The lowest BCUT2D eigenvalue weighted by molar-refractivity contribution is -0.131. The van der Waals surface area contributed by atoms with Crippen molar-refractivity contribution in [3.63, 3.8) is 0 Å². The molecule has 0 atom stereocenters. The van der Waals surface area contributed by atoms with Gasteiger partial charge in [0.25, 0.3) is 0 Å². The second kappa shape index (κ2) is 5.67. The Morgan fingerprint density at radius 1 is 0.889 bits per heavy atom. The first kappa shape index (κ1) is 11.9. The molecule has 2 heteroatoms. The van der Waals surface area contributed by atoms with Crippen LogP contribution in [0.1, 0.15) is 11.1 Å². The minimum Gasteiger partial charge on any atom is -0.478 e. The van der Waals surface area contributed by atoms with Crippen LogP contribution in [0, 0.1) is 0 Å². The Labute approximate surface area is 106 Å². The third-order valence-corrected chi connectivity index (χ3v) is 2.46. The molecule has 0 fully saturated rings. The maximum Gasteiger partial charge on any atom is 0.336 e. The van der Waals surface area contributed by atoms with E-state index in [4.69, 9.17) is 5.11 Å². The van der Waals surface area contributed by atoms with Crippen LogP contribution in [-0.4, -0.2) is 11.1 Å². The maximum atomic E-state index is 10.6. The summed E-state index contributed by atoms with van der Waals surface area (Å²) in [6.45, 7) is 0. The molecule has 0 aromatic heterocycles. The van der Waals surface area contributed by atoms with Gasteiger partial charge in [-0.2, -0.15) is 0 Å². The van der Waals surface area contributed by atoms with Crippen molar-refractivity contribution in [2.24, 2.45) is 0 Å². The van der Waals surface area contributed by atoms with Gasteiger partial charge >= 0.3 is 5.97 Å². The van der Waals surface area contributed by atoms with Crippen LogP contribution in [0.3, 0.4) is 0 Å². The van der Waals surface area contributed by atoms with E-state index >= 15 is 0 Å². The normalized spacial score (nSPS) is 9.33. The van der Waals surface area contributed by atoms with Crippen molar-refractivity contribution in [2.75, 3.05) is 0 Å². The summed E-state index contributed by atoms with van der Waals surface area (Å²) in [7, 11) is 0. The van der Waals surface area contributed by atoms with Crippen molar-refractivity contribution in [3.05, 3.63) is 83.6 Å². The molecule has 0 heterocycles. The molecule has 0 saturated heterocycles. The van der Waals surface area contributed by atoms with Crippen LogP contribution in [0.2, 0.25) is 0 Å². The summed E-state index contributed by atoms with van der Waals surface area (Å²) in [5, 5.41) is 8.72. The maximum absolute atomic E-state index is 10.6. The second-order valence-corrected chi connectivity index (χ2v) is 3.73. The highest BCUT2D eigenvalue weighted by Gasteiger charge is 2.02. The molecule has 0 bridgehead atoms. The van der Waals surface area contributed by atoms with Gasteiger partial charge in [0.15, 0.2) is 0 Å². The third-order valence-electron chi connectivity index (χ3n) is 2.46. The average Bonchev–Trinajstić information content (AvgIpc) is 2.41. The molecule has 2 nitrogen and oxygen atoms in total. The smallest absolute Gasteiger partial charge is 0.336 e. The van der Waals surface area contributed by atoms with Gasteiger partial charge in [-0.25, -0.2) is 4.79 Å². The van der Waals surface area contributed by atoms with Gasteiger partial charge in [0.05, 0.1) is 6.08 Å². The first-order valence-corrected chi connectivity index (χ1v) is 5.58. The molecule has 2 aromatic carbocycles. The van der Waals surface area contributed by atoms with Crippen molar-refractivity contribution < 1.29 is 9.90 Å². The molecule has 2 aromatic rings. The van der Waals surface area contributed by atoms with E-state index < -0.39 is 5.97 Å². The molecule has 88 valence electrons. The predicted octanol–water partition coefficient (Wildman–Crippen LogP) is 3.36. The molecule has 0 aliphatic rings. The van der Waals surface area contributed by atoms with Crippen LogP contribution in [0.4, 0.5) is 0 Å². The van der Waals surface area contributed by atoms with Crippen molar-refractivity contribution in [2.45, 2.75) is 0 Å². The molecule has 18 heavy (non-hydrogen) atoms. The number of carbonyl (C=O) groups is 1. The first-order valence-electron chi connectivity index (χ1n) is 5.58. The highest BCUT2D eigenvalue weighted by atomic mass is 16.4. The highest BCUT2D eigenvalue weighted by Crippen LogP contribution is 2.21. The summed E-state index contributed by atoms with van der Waals surface area (Å²) in [5.41, 5.74) is 5.51. The zero-order valence-corrected chi connectivity index (χ0v) is 9.71. The number of benzene rings is 2. The van der Waals surface area contributed by atoms with Gasteiger partial charge in [0.2, 0.25) is 0 Å². The monoisotopic (exact) mass is 236 g/mol. The third kappa shape index (κ3) is 2.97. The van der Waals surface area contributed by atoms with Crippen molar-refractivity contribution in [1.29, 1.82) is 0 Å². The Hall–Kier alpha value is -2.57. The molecule has 0 aliphatic carbocycles. The number of carboxylic acids is 1. The summed E-state index contributed by atoms with van der Waals surface area (Å²) < 4.78 is 0. The number of carboxylic acid groups (broad SMARTS) is 1. The van der Waals surface area contributed by atoms with Crippen molar-refractivity contribution >= 4 is 11.5 Å². The molecule has 0 spiro atoms. The van der Waals surface area contributed by atoms with Crippen LogP contribution in [0.5, 0.6) is 0 Å². The average molecular weight is 236 g/mol. The zero-order valence-electron chi connectivity index (χ0n) is 9.71. The second-order valence-electron chi connectivity index (χ2n) is 3.73. The number of hydrogen-bond donors (Lipinski definition) is 1. The standard InChI is InChI=1S/C16H12O2/c17-16(18)12-11-15(13-7-3-1-4-8-13)14-9-5-2-6-10-14/h1-10,12H,(H,17,18). The summed E-state index contributed by atoms with van der Waals surface area (Å²) >= 11 is 0. The van der Waals surface area contributed by atoms with Crippen LogP contribution in [-0.2, 0) is 4.79 Å². The first-order chi connectivity index (χ1) is 8.77. The number of hydrogen-bond acceptors (Lipinski definition) is 1. The van der Waals surface area contributed by atoms with Gasteiger partial charge < -0.3 is 5.11 Å². The minimum absolute atomic E-state index is 0.776. The Bertz CT molecular complexity index is 550. The van der Waals surface area contributed by atoms with Crippen LogP contribution < -0.4 is 0 Å². The van der Waals surface area contributed by atoms with Gasteiger partial charge in [-0.15, -0.1) is 5.73 Å². The zero-order chi connectivity index (χ0) is 12.8.